The van der Waals surface area contributed by atoms with Crippen LogP contribution in [0.2, 0.25) is 0 Å². The molecule has 8 heteroatoms. The van der Waals surface area contributed by atoms with Crippen molar-refractivity contribution in [3.63, 3.8) is 0 Å². The van der Waals surface area contributed by atoms with Gasteiger partial charge >= 0.3 is 0 Å². The molecule has 4 aromatic rings. The Morgan fingerprint density at radius 3 is 2.86 bits per heavy atom. The van der Waals surface area contributed by atoms with Crippen LogP contribution in [-0.2, 0) is 0 Å². The second kappa shape index (κ2) is 6.65. The fourth-order valence-electron chi connectivity index (χ4n) is 4.30. The molecule has 0 saturated carbocycles. The Bertz CT molecular complexity index is 1230. The summed E-state index contributed by atoms with van der Waals surface area (Å²) in [5.74, 6) is -0.433. The lowest BCUT2D eigenvalue weighted by Gasteiger charge is -2.39. The van der Waals surface area contributed by atoms with E-state index in [2.05, 4.69) is 21.9 Å². The molecule has 148 valence electrons. The lowest BCUT2D eigenvalue weighted by molar-refractivity contribution is 0.111. The molecule has 0 amide bonds. The molecule has 2 atom stereocenters. The smallest absolute Gasteiger partial charge is 0.160 e. The average Bonchev–Trinajstić information content (AvgIpc) is 3.35. The van der Waals surface area contributed by atoms with E-state index in [1.54, 1.807) is 23.5 Å². The van der Waals surface area contributed by atoms with E-state index in [1.807, 2.05) is 10.5 Å². The Morgan fingerprint density at radius 1 is 1.21 bits per heavy atom. The van der Waals surface area contributed by atoms with Crippen LogP contribution in [0.5, 0.6) is 0 Å². The highest BCUT2D eigenvalue weighted by molar-refractivity contribution is 5.78. The van der Waals surface area contributed by atoms with Crippen LogP contribution < -0.4 is 4.90 Å². The number of anilines is 1. The van der Waals surface area contributed by atoms with Crippen molar-refractivity contribution in [3.8, 4) is 0 Å². The summed E-state index contributed by atoms with van der Waals surface area (Å²) in [6.07, 6.45) is 7.15. The van der Waals surface area contributed by atoms with Gasteiger partial charge in [0, 0.05) is 12.7 Å². The number of carbonyl (C=O) groups excluding carboxylic acids is 1. The van der Waals surface area contributed by atoms with Crippen molar-refractivity contribution in [2.45, 2.75) is 25.8 Å². The van der Waals surface area contributed by atoms with Gasteiger partial charge in [-0.05, 0) is 37.0 Å². The predicted octanol–water partition coefficient (Wildman–Crippen LogP) is 4.28. The molecule has 6 nitrogen and oxygen atoms in total. The number of hydrogen-bond acceptors (Lipinski definition) is 4. The molecule has 1 fully saturated rings. The van der Waals surface area contributed by atoms with E-state index < -0.39 is 11.6 Å². The second-order valence-electron chi connectivity index (χ2n) is 7.60. The summed E-state index contributed by atoms with van der Waals surface area (Å²) >= 11 is 0. The number of fused-ring (bicyclic) bond motifs is 3. The maximum Gasteiger partial charge on any atom is 0.160 e. The molecular weight excluding hydrogens is 376 g/mol. The van der Waals surface area contributed by atoms with E-state index in [-0.39, 0.29) is 17.3 Å². The van der Waals surface area contributed by atoms with E-state index in [9.17, 15) is 13.6 Å². The third-order valence-corrected chi connectivity index (χ3v) is 5.76. The van der Waals surface area contributed by atoms with Crippen LogP contribution in [0.3, 0.4) is 0 Å². The van der Waals surface area contributed by atoms with Gasteiger partial charge in [0.15, 0.2) is 17.8 Å². The minimum atomic E-state index is -0.825. The minimum Gasteiger partial charge on any atom is -0.357 e. The molecule has 0 bridgehead atoms. The number of nitrogens with zero attached hydrogens (tertiary/aromatic N) is 4. The van der Waals surface area contributed by atoms with Gasteiger partial charge in [0.1, 0.15) is 17.3 Å². The Labute approximate surface area is 165 Å². The Hall–Kier alpha value is -3.29. The lowest BCUT2D eigenvalue weighted by atomic mass is 9.91. The highest BCUT2D eigenvalue weighted by Crippen LogP contribution is 2.40. The largest absolute Gasteiger partial charge is 0.357 e. The Kier molecular flexibility index (Phi) is 4.08. The second-order valence-corrected chi connectivity index (χ2v) is 7.60. The number of aromatic amines is 1. The summed E-state index contributed by atoms with van der Waals surface area (Å²) in [5, 5.41) is 0. The molecule has 29 heavy (non-hydrogen) atoms. The maximum atomic E-state index is 15.0. The summed E-state index contributed by atoms with van der Waals surface area (Å²) in [5.41, 5.74) is 2.07. The number of imidazole rings is 1. The summed E-state index contributed by atoms with van der Waals surface area (Å²) in [7, 11) is 0. The standard InChI is InChI=1S/C21H19F2N5O/c1-12-5-7-27(19-15(22)3-2-13(11-29)18(19)23)17(8-12)21-26-10-14-9-25-20-16(28(14)21)4-6-24-20/h2-4,6,9-12,17,24H,5,7-8H2,1H3/t12-,17+/m0/s1. The van der Waals surface area contributed by atoms with E-state index in [1.165, 1.54) is 6.07 Å². The molecule has 1 saturated heterocycles. The fourth-order valence-corrected chi connectivity index (χ4v) is 4.30. The van der Waals surface area contributed by atoms with Gasteiger partial charge < -0.3 is 9.88 Å². The van der Waals surface area contributed by atoms with Crippen LogP contribution in [0.4, 0.5) is 14.5 Å². The van der Waals surface area contributed by atoms with Crippen molar-refractivity contribution < 1.29 is 13.6 Å². The first-order valence-electron chi connectivity index (χ1n) is 9.57. The van der Waals surface area contributed by atoms with Crippen LogP contribution in [0.1, 0.15) is 42.0 Å². The topological polar surface area (TPSA) is 66.3 Å². The first-order chi connectivity index (χ1) is 14.1. The zero-order chi connectivity index (χ0) is 20.1. The van der Waals surface area contributed by atoms with Crippen molar-refractivity contribution in [2.75, 3.05) is 11.4 Å². The van der Waals surface area contributed by atoms with E-state index >= 15 is 0 Å². The molecule has 5 rings (SSSR count). The molecule has 1 aliphatic heterocycles. The number of halogens is 2. The molecule has 3 aromatic heterocycles. The highest BCUT2D eigenvalue weighted by Gasteiger charge is 2.34. The quantitative estimate of drug-likeness (QED) is 0.526. The van der Waals surface area contributed by atoms with Crippen LogP contribution in [0, 0.1) is 17.6 Å². The maximum absolute atomic E-state index is 15.0. The lowest BCUT2D eigenvalue weighted by Crippen LogP contribution is -2.38. The van der Waals surface area contributed by atoms with Gasteiger partial charge in [-0.1, -0.05) is 6.92 Å². The normalized spacial score (nSPS) is 19.9. The summed E-state index contributed by atoms with van der Waals surface area (Å²) < 4.78 is 31.7. The number of piperidine rings is 1. The van der Waals surface area contributed by atoms with E-state index in [0.29, 0.717) is 36.6 Å². The molecule has 1 aliphatic rings. The number of hydrogen-bond donors (Lipinski definition) is 1. The van der Waals surface area contributed by atoms with Crippen molar-refractivity contribution in [3.05, 3.63) is 59.8 Å². The Balaban J connectivity index is 1.72. The zero-order valence-electron chi connectivity index (χ0n) is 15.8. The van der Waals surface area contributed by atoms with Crippen molar-refractivity contribution in [2.24, 2.45) is 5.92 Å². The van der Waals surface area contributed by atoms with Gasteiger partial charge in [0.25, 0.3) is 0 Å². The van der Waals surface area contributed by atoms with Gasteiger partial charge in [0.2, 0.25) is 0 Å². The van der Waals surface area contributed by atoms with Crippen LogP contribution >= 0.6 is 0 Å². The van der Waals surface area contributed by atoms with E-state index in [0.717, 1.165) is 23.5 Å². The number of nitrogens with one attached hydrogen (secondary N) is 1. The predicted molar refractivity (Wildman–Crippen MR) is 105 cm³/mol. The SMILES string of the molecule is C[C@H]1CCN(c2c(F)ccc(C=O)c2F)[C@@H](c2ncc3cnc4[nH]ccc4n23)C1. The number of carbonyl (C=O) groups is 1. The van der Waals surface area contributed by atoms with Crippen molar-refractivity contribution >= 4 is 28.7 Å². The summed E-state index contributed by atoms with van der Waals surface area (Å²) in [6.45, 7) is 2.60. The van der Waals surface area contributed by atoms with E-state index in [4.69, 9.17) is 0 Å². The molecule has 0 radical (unpaired) electrons. The number of benzene rings is 1. The number of aromatic nitrogens is 4. The van der Waals surface area contributed by atoms with Crippen molar-refractivity contribution in [1.82, 2.24) is 19.4 Å². The Morgan fingerprint density at radius 2 is 2.03 bits per heavy atom. The van der Waals surface area contributed by atoms with Crippen LogP contribution in [0.25, 0.3) is 16.7 Å². The monoisotopic (exact) mass is 395 g/mol. The molecule has 1 N–H and O–H groups in total. The number of aldehydes is 1. The molecule has 0 aliphatic carbocycles. The van der Waals surface area contributed by atoms with Crippen LogP contribution in [-0.4, -0.2) is 32.2 Å². The molecule has 1 aromatic carbocycles. The first-order valence-corrected chi connectivity index (χ1v) is 9.57. The molecule has 0 unspecified atom stereocenters. The first kappa shape index (κ1) is 17.8. The molecule has 0 spiro atoms. The number of H-pyrrole nitrogens is 1. The highest BCUT2D eigenvalue weighted by atomic mass is 19.1. The third-order valence-electron chi connectivity index (χ3n) is 5.76. The zero-order valence-corrected chi connectivity index (χ0v) is 15.8. The van der Waals surface area contributed by atoms with Gasteiger partial charge in [0.05, 0.1) is 35.0 Å². The van der Waals surface area contributed by atoms with Crippen molar-refractivity contribution in [1.29, 1.82) is 0 Å². The summed E-state index contributed by atoms with van der Waals surface area (Å²) in [6, 6.07) is 3.89. The van der Waals surface area contributed by atoms with Gasteiger partial charge in [-0.3, -0.25) is 9.20 Å². The van der Waals surface area contributed by atoms with Gasteiger partial charge in [-0.15, -0.1) is 0 Å². The number of rotatable bonds is 3. The summed E-state index contributed by atoms with van der Waals surface area (Å²) in [4.78, 5) is 25.0. The average molecular weight is 395 g/mol. The minimum absolute atomic E-state index is 0.149. The van der Waals surface area contributed by atoms with Crippen LogP contribution in [0.15, 0.2) is 36.8 Å². The van der Waals surface area contributed by atoms with Gasteiger partial charge in [-0.2, -0.15) is 0 Å². The molecular formula is C21H19F2N5O. The third kappa shape index (κ3) is 2.70. The fraction of sp³-hybridized carbons (Fsp3) is 0.286. The van der Waals surface area contributed by atoms with Gasteiger partial charge in [-0.25, -0.2) is 18.7 Å². The molecule has 4 heterocycles.